The van der Waals surface area contributed by atoms with Crippen molar-refractivity contribution in [2.24, 2.45) is 0 Å². The molecule has 3 rings (SSSR count). The molecule has 1 aromatic carbocycles. The number of amides is 2. The number of hydrogen-bond donors (Lipinski definition) is 3. The Bertz CT molecular complexity index is 1260. The highest BCUT2D eigenvalue weighted by Crippen LogP contribution is 2.30. The third-order valence-corrected chi connectivity index (χ3v) is 5.52. The van der Waals surface area contributed by atoms with Crippen LogP contribution in [0.25, 0.3) is 5.95 Å². The fourth-order valence-corrected chi connectivity index (χ4v) is 3.44. The molecule has 0 bridgehead atoms. The Morgan fingerprint density at radius 1 is 1.06 bits per heavy atom. The number of nitrogens with one attached hydrogen (secondary N) is 3. The van der Waals surface area contributed by atoms with Gasteiger partial charge in [0.2, 0.25) is 0 Å². The summed E-state index contributed by atoms with van der Waals surface area (Å²) in [5, 5.41) is 9.17. The molecule has 3 N–H and O–H groups in total. The third-order valence-electron chi connectivity index (χ3n) is 4.42. The zero-order valence-corrected chi connectivity index (χ0v) is 18.4. The summed E-state index contributed by atoms with van der Waals surface area (Å²) in [5.74, 6) is 0.575. The second kappa shape index (κ2) is 9.01. The molecule has 1 atom stereocenters. The number of carbonyl (C=O) groups excluding carboxylic acids is 1. The maximum absolute atomic E-state index is 12.7. The number of alkyl halides is 3. The van der Waals surface area contributed by atoms with Gasteiger partial charge in [-0.1, -0.05) is 6.07 Å². The highest BCUT2D eigenvalue weighted by atomic mass is 32.2. The molecule has 0 aliphatic rings. The van der Waals surface area contributed by atoms with Crippen molar-refractivity contribution in [1.29, 1.82) is 0 Å². The first-order chi connectivity index (χ1) is 15.4. The summed E-state index contributed by atoms with van der Waals surface area (Å²) >= 11 is 0. The standard InChI is InChI=1S/C18H19F3N8O3S/c1-10-7-11(2)14(28-33(31,32)18(19,20)21)8-13(10)27-17(30)26-12(3)15-24-9-25-29(15)16-22-5-4-6-23-16/h4-9,12,28H,1-3H3,(H2,26,27,30)/t12-/m0/s1. The molecule has 2 heterocycles. The molecule has 33 heavy (non-hydrogen) atoms. The number of urea groups is 1. The molecule has 176 valence electrons. The maximum atomic E-state index is 12.7. The molecule has 11 nitrogen and oxygen atoms in total. The number of sulfonamides is 1. The van der Waals surface area contributed by atoms with Crippen LogP contribution in [-0.4, -0.2) is 44.7 Å². The highest BCUT2D eigenvalue weighted by molar-refractivity contribution is 7.93. The molecule has 2 amide bonds. The molecule has 15 heteroatoms. The summed E-state index contributed by atoms with van der Waals surface area (Å²) in [6.07, 6.45) is 4.30. The summed E-state index contributed by atoms with van der Waals surface area (Å²) in [4.78, 5) is 24.8. The van der Waals surface area contributed by atoms with E-state index in [0.29, 0.717) is 11.4 Å². The predicted octanol–water partition coefficient (Wildman–Crippen LogP) is 2.82. The van der Waals surface area contributed by atoms with E-state index in [2.05, 4.69) is 30.7 Å². The number of hydrogen-bond acceptors (Lipinski definition) is 7. The van der Waals surface area contributed by atoms with E-state index in [4.69, 9.17) is 0 Å². The van der Waals surface area contributed by atoms with E-state index in [1.807, 2.05) is 0 Å². The summed E-state index contributed by atoms with van der Waals surface area (Å²) in [7, 11) is -5.62. The number of aryl methyl sites for hydroxylation is 2. The second-order valence-corrected chi connectivity index (χ2v) is 8.61. The molecule has 0 saturated heterocycles. The first-order valence-corrected chi connectivity index (χ1v) is 10.8. The molecule has 0 fully saturated rings. The van der Waals surface area contributed by atoms with Crippen LogP contribution in [0.4, 0.5) is 29.3 Å². The van der Waals surface area contributed by atoms with Crippen molar-refractivity contribution in [1.82, 2.24) is 30.0 Å². The van der Waals surface area contributed by atoms with Gasteiger partial charge >= 0.3 is 21.6 Å². The fourth-order valence-electron chi connectivity index (χ4n) is 2.82. The molecule has 0 aliphatic carbocycles. The lowest BCUT2D eigenvalue weighted by atomic mass is 10.1. The van der Waals surface area contributed by atoms with Crippen LogP contribution in [0, 0.1) is 13.8 Å². The zero-order valence-electron chi connectivity index (χ0n) is 17.5. The minimum atomic E-state index is -5.62. The van der Waals surface area contributed by atoms with Gasteiger partial charge in [-0.15, -0.1) is 0 Å². The number of aromatic nitrogens is 5. The Labute approximate surface area is 186 Å². The Hall–Kier alpha value is -3.75. The summed E-state index contributed by atoms with van der Waals surface area (Å²) < 4.78 is 63.9. The van der Waals surface area contributed by atoms with Crippen LogP contribution in [-0.2, 0) is 10.0 Å². The predicted molar refractivity (Wildman–Crippen MR) is 112 cm³/mol. The smallest absolute Gasteiger partial charge is 0.328 e. The highest BCUT2D eigenvalue weighted by Gasteiger charge is 2.46. The number of halogens is 3. The van der Waals surface area contributed by atoms with E-state index in [-0.39, 0.29) is 22.9 Å². The first-order valence-electron chi connectivity index (χ1n) is 9.34. The average molecular weight is 484 g/mol. The van der Waals surface area contributed by atoms with Gasteiger partial charge < -0.3 is 10.6 Å². The summed E-state index contributed by atoms with van der Waals surface area (Å²) in [5.41, 5.74) is -4.94. The Morgan fingerprint density at radius 2 is 1.70 bits per heavy atom. The molecular weight excluding hydrogens is 465 g/mol. The van der Waals surface area contributed by atoms with Crippen LogP contribution in [0.5, 0.6) is 0 Å². The van der Waals surface area contributed by atoms with Crippen molar-refractivity contribution in [3.8, 4) is 5.95 Å². The van der Waals surface area contributed by atoms with Crippen molar-refractivity contribution in [2.45, 2.75) is 32.3 Å². The van der Waals surface area contributed by atoms with Crippen molar-refractivity contribution < 1.29 is 26.4 Å². The maximum Gasteiger partial charge on any atom is 0.516 e. The number of nitrogens with zero attached hydrogens (tertiary/aromatic N) is 5. The minimum Gasteiger partial charge on any atom is -0.328 e. The van der Waals surface area contributed by atoms with E-state index in [9.17, 15) is 26.4 Å². The zero-order chi connectivity index (χ0) is 24.4. The Morgan fingerprint density at radius 3 is 2.33 bits per heavy atom. The lowest BCUT2D eigenvalue weighted by molar-refractivity contribution is -0.0429. The lowest BCUT2D eigenvalue weighted by Crippen LogP contribution is -2.33. The number of rotatable bonds is 6. The molecule has 0 saturated carbocycles. The quantitative estimate of drug-likeness (QED) is 0.488. The lowest BCUT2D eigenvalue weighted by Gasteiger charge is -2.18. The van der Waals surface area contributed by atoms with Crippen molar-refractivity contribution in [3.63, 3.8) is 0 Å². The topological polar surface area (TPSA) is 144 Å². The van der Waals surface area contributed by atoms with Gasteiger partial charge in [-0.2, -0.15) is 31.4 Å². The molecule has 2 aromatic heterocycles. The van der Waals surface area contributed by atoms with Gasteiger partial charge in [0.1, 0.15) is 6.33 Å². The van der Waals surface area contributed by atoms with Crippen LogP contribution in [0.15, 0.2) is 36.9 Å². The molecule has 3 aromatic rings. The van der Waals surface area contributed by atoms with Crippen LogP contribution < -0.4 is 15.4 Å². The SMILES string of the molecule is Cc1cc(C)c(NS(=O)(=O)C(F)(F)F)cc1NC(=O)N[C@@H](C)c1ncnn1-c1ncccn1. The molecule has 0 aliphatic heterocycles. The summed E-state index contributed by atoms with van der Waals surface area (Å²) in [6.45, 7) is 4.68. The minimum absolute atomic E-state index is 0.109. The van der Waals surface area contributed by atoms with E-state index in [0.717, 1.165) is 6.07 Å². The normalized spacial score (nSPS) is 12.8. The van der Waals surface area contributed by atoms with Crippen molar-refractivity contribution in [3.05, 3.63) is 53.9 Å². The Kier molecular flexibility index (Phi) is 6.53. The van der Waals surface area contributed by atoms with E-state index in [1.165, 1.54) is 41.1 Å². The van der Waals surface area contributed by atoms with Crippen LogP contribution >= 0.6 is 0 Å². The van der Waals surface area contributed by atoms with Gasteiger partial charge in [0, 0.05) is 18.1 Å². The van der Waals surface area contributed by atoms with Gasteiger partial charge in [-0.3, -0.25) is 4.72 Å². The van der Waals surface area contributed by atoms with Crippen molar-refractivity contribution in [2.75, 3.05) is 10.0 Å². The fraction of sp³-hybridized carbons (Fsp3) is 0.278. The number of anilines is 2. The number of carbonyl (C=O) groups is 1. The van der Waals surface area contributed by atoms with Gasteiger partial charge in [-0.05, 0) is 44.0 Å². The van der Waals surface area contributed by atoms with Gasteiger partial charge in [0.15, 0.2) is 5.82 Å². The Balaban J connectivity index is 1.77. The molecule has 0 unspecified atom stereocenters. The van der Waals surface area contributed by atoms with Gasteiger partial charge in [0.05, 0.1) is 11.7 Å². The molecular formula is C18H19F3N8O3S. The van der Waals surface area contributed by atoms with Crippen LogP contribution in [0.1, 0.15) is 29.9 Å². The second-order valence-electron chi connectivity index (χ2n) is 6.93. The largest absolute Gasteiger partial charge is 0.516 e. The first kappa shape index (κ1) is 23.9. The monoisotopic (exact) mass is 484 g/mol. The third kappa shape index (κ3) is 5.36. The average Bonchev–Trinajstić information content (AvgIpc) is 3.21. The van der Waals surface area contributed by atoms with Crippen LogP contribution in [0.3, 0.4) is 0 Å². The van der Waals surface area contributed by atoms with Crippen LogP contribution in [0.2, 0.25) is 0 Å². The summed E-state index contributed by atoms with van der Waals surface area (Å²) in [6, 6.07) is 2.81. The van der Waals surface area contributed by atoms with E-state index >= 15 is 0 Å². The van der Waals surface area contributed by atoms with Gasteiger partial charge in [0.25, 0.3) is 5.95 Å². The molecule has 0 spiro atoms. The number of benzene rings is 1. The van der Waals surface area contributed by atoms with E-state index < -0.39 is 27.6 Å². The van der Waals surface area contributed by atoms with Gasteiger partial charge in [-0.25, -0.2) is 19.7 Å². The molecule has 0 radical (unpaired) electrons. The van der Waals surface area contributed by atoms with E-state index in [1.54, 1.807) is 19.9 Å². The van der Waals surface area contributed by atoms with Crippen molar-refractivity contribution >= 4 is 27.4 Å².